The van der Waals surface area contributed by atoms with Gasteiger partial charge in [-0.05, 0) is 24.9 Å². The van der Waals surface area contributed by atoms with Crippen molar-refractivity contribution in [2.24, 2.45) is 7.05 Å². The second-order valence-corrected chi connectivity index (χ2v) is 6.13. The van der Waals surface area contributed by atoms with Gasteiger partial charge in [-0.2, -0.15) is 0 Å². The monoisotopic (exact) mass is 411 g/mol. The molecule has 0 atom stereocenters. The lowest BCUT2D eigenvalue weighted by Crippen LogP contribution is -2.32. The molecule has 1 N–H and O–H groups in total. The first kappa shape index (κ1) is 23.0. The first-order chi connectivity index (χ1) is 10.5. The van der Waals surface area contributed by atoms with E-state index in [0.717, 1.165) is 11.7 Å². The van der Waals surface area contributed by atoms with Crippen LogP contribution < -0.4 is 5.32 Å². The number of likely N-dealkylation sites (N-methyl/N-ethyl adjacent to an activating group) is 2. The molecule has 24 heavy (non-hydrogen) atoms. The summed E-state index contributed by atoms with van der Waals surface area (Å²) in [6.07, 6.45) is 5.12. The van der Waals surface area contributed by atoms with Crippen LogP contribution in [0, 0.1) is 0 Å². The van der Waals surface area contributed by atoms with E-state index in [1.54, 1.807) is 30.4 Å². The van der Waals surface area contributed by atoms with Crippen molar-refractivity contribution in [3.63, 3.8) is 0 Å². The Labute approximate surface area is 163 Å². The number of imidazole rings is 1. The quantitative estimate of drug-likeness (QED) is 0.790. The summed E-state index contributed by atoms with van der Waals surface area (Å²) in [5, 5.41) is 4.87. The SMILES string of the molecule is CNCCN(C)C(=O)c1cnc(Sc2nccn2C)c(Cl)c1.Cl.Cl. The van der Waals surface area contributed by atoms with Gasteiger partial charge in [0.2, 0.25) is 0 Å². The predicted octanol–water partition coefficient (Wildman–Crippen LogP) is 2.75. The van der Waals surface area contributed by atoms with Crippen molar-refractivity contribution in [1.29, 1.82) is 0 Å². The molecule has 0 unspecified atom stereocenters. The molecule has 134 valence electrons. The number of aromatic nitrogens is 3. The van der Waals surface area contributed by atoms with Crippen molar-refractivity contribution in [2.45, 2.75) is 10.2 Å². The van der Waals surface area contributed by atoms with Crippen molar-refractivity contribution < 1.29 is 4.79 Å². The number of aryl methyl sites for hydroxylation is 1. The van der Waals surface area contributed by atoms with E-state index in [0.29, 0.717) is 22.2 Å². The molecule has 0 aromatic carbocycles. The lowest BCUT2D eigenvalue weighted by Gasteiger charge is -2.17. The number of rotatable bonds is 6. The Hall–Kier alpha value is -0.990. The largest absolute Gasteiger partial charge is 0.340 e. The minimum atomic E-state index is -0.0989. The Kier molecular flexibility index (Phi) is 10.3. The van der Waals surface area contributed by atoms with Crippen molar-refractivity contribution >= 4 is 54.1 Å². The first-order valence-corrected chi connectivity index (χ1v) is 7.93. The Morgan fingerprint density at radius 3 is 2.67 bits per heavy atom. The maximum atomic E-state index is 12.3. The molecule has 2 rings (SSSR count). The molecule has 1 amide bonds. The van der Waals surface area contributed by atoms with Gasteiger partial charge >= 0.3 is 0 Å². The number of nitrogens with one attached hydrogen (secondary N) is 1. The summed E-state index contributed by atoms with van der Waals surface area (Å²) in [6.45, 7) is 1.35. The highest BCUT2D eigenvalue weighted by Gasteiger charge is 2.15. The smallest absolute Gasteiger partial charge is 0.255 e. The summed E-state index contributed by atoms with van der Waals surface area (Å²) in [4.78, 5) is 22.4. The van der Waals surface area contributed by atoms with Gasteiger partial charge in [0.1, 0.15) is 5.03 Å². The Balaban J connectivity index is 0.00000264. The fourth-order valence-electron chi connectivity index (χ4n) is 1.76. The molecular weight excluding hydrogens is 393 g/mol. The third kappa shape index (κ3) is 5.82. The summed E-state index contributed by atoms with van der Waals surface area (Å²) in [7, 11) is 5.50. The Morgan fingerprint density at radius 1 is 1.42 bits per heavy atom. The summed E-state index contributed by atoms with van der Waals surface area (Å²) >= 11 is 7.61. The van der Waals surface area contributed by atoms with Gasteiger partial charge in [-0.25, -0.2) is 9.97 Å². The molecule has 0 saturated carbocycles. The molecule has 0 saturated heterocycles. The molecule has 0 bridgehead atoms. The van der Waals surface area contributed by atoms with Crippen LogP contribution in [0.1, 0.15) is 10.4 Å². The molecule has 0 aliphatic carbocycles. The second-order valence-electron chi connectivity index (χ2n) is 4.76. The lowest BCUT2D eigenvalue weighted by molar-refractivity contribution is 0.0796. The zero-order chi connectivity index (χ0) is 16.1. The summed E-state index contributed by atoms with van der Waals surface area (Å²) in [5.74, 6) is -0.0989. The fourth-order valence-corrected chi connectivity index (χ4v) is 2.79. The van der Waals surface area contributed by atoms with Gasteiger partial charge in [-0.15, -0.1) is 24.8 Å². The van der Waals surface area contributed by atoms with Crippen LogP contribution in [-0.4, -0.2) is 52.5 Å². The van der Waals surface area contributed by atoms with Crippen LogP contribution in [0.5, 0.6) is 0 Å². The molecule has 2 aromatic rings. The third-order valence-corrected chi connectivity index (χ3v) is 4.56. The van der Waals surface area contributed by atoms with Gasteiger partial charge in [0.05, 0.1) is 10.6 Å². The Bertz CT molecular complexity index is 668. The van der Waals surface area contributed by atoms with E-state index in [2.05, 4.69) is 15.3 Å². The molecule has 2 heterocycles. The maximum Gasteiger partial charge on any atom is 0.255 e. The van der Waals surface area contributed by atoms with Crippen molar-refractivity contribution in [3.05, 3.63) is 35.2 Å². The average molecular weight is 413 g/mol. The predicted molar refractivity (Wildman–Crippen MR) is 102 cm³/mol. The topological polar surface area (TPSA) is 63.1 Å². The summed E-state index contributed by atoms with van der Waals surface area (Å²) < 4.78 is 1.88. The van der Waals surface area contributed by atoms with E-state index in [1.165, 1.54) is 11.8 Å². The molecule has 6 nitrogen and oxygen atoms in total. The van der Waals surface area contributed by atoms with Crippen molar-refractivity contribution in [1.82, 2.24) is 24.8 Å². The van der Waals surface area contributed by atoms with E-state index in [4.69, 9.17) is 11.6 Å². The van der Waals surface area contributed by atoms with Crippen LogP contribution in [0.3, 0.4) is 0 Å². The highest BCUT2D eigenvalue weighted by atomic mass is 35.5. The van der Waals surface area contributed by atoms with Crippen LogP contribution in [-0.2, 0) is 7.05 Å². The molecule has 10 heteroatoms. The van der Waals surface area contributed by atoms with Gasteiger partial charge in [-0.1, -0.05) is 11.6 Å². The zero-order valence-electron chi connectivity index (χ0n) is 13.5. The van der Waals surface area contributed by atoms with E-state index in [9.17, 15) is 4.79 Å². The van der Waals surface area contributed by atoms with Gasteiger partial charge in [0.25, 0.3) is 5.91 Å². The minimum absolute atomic E-state index is 0. The molecule has 0 fully saturated rings. The lowest BCUT2D eigenvalue weighted by atomic mass is 10.2. The van der Waals surface area contributed by atoms with E-state index < -0.39 is 0 Å². The summed E-state index contributed by atoms with van der Waals surface area (Å²) in [5.41, 5.74) is 0.479. The van der Waals surface area contributed by atoms with Crippen LogP contribution in [0.15, 0.2) is 34.8 Å². The molecule has 0 spiro atoms. The van der Waals surface area contributed by atoms with Crippen LogP contribution in [0.4, 0.5) is 0 Å². The van der Waals surface area contributed by atoms with Gasteiger partial charge in [0.15, 0.2) is 5.16 Å². The number of carbonyl (C=O) groups excluding carboxylic acids is 1. The molecule has 0 radical (unpaired) electrons. The normalized spacial score (nSPS) is 9.83. The highest BCUT2D eigenvalue weighted by Crippen LogP contribution is 2.30. The number of hydrogen-bond acceptors (Lipinski definition) is 5. The zero-order valence-corrected chi connectivity index (χ0v) is 16.7. The van der Waals surface area contributed by atoms with Gasteiger partial charge in [-0.3, -0.25) is 4.79 Å². The second kappa shape index (κ2) is 10.8. The highest BCUT2D eigenvalue weighted by molar-refractivity contribution is 7.99. The van der Waals surface area contributed by atoms with Crippen molar-refractivity contribution in [3.8, 4) is 0 Å². The third-order valence-electron chi connectivity index (χ3n) is 3.06. The number of amides is 1. The van der Waals surface area contributed by atoms with E-state index in [1.807, 2.05) is 24.9 Å². The van der Waals surface area contributed by atoms with Crippen LogP contribution >= 0.6 is 48.2 Å². The Morgan fingerprint density at radius 2 is 2.12 bits per heavy atom. The number of hydrogen-bond donors (Lipinski definition) is 1. The van der Waals surface area contributed by atoms with E-state index in [-0.39, 0.29) is 30.7 Å². The molecule has 0 aliphatic rings. The van der Waals surface area contributed by atoms with Gasteiger partial charge < -0.3 is 14.8 Å². The first-order valence-electron chi connectivity index (χ1n) is 6.73. The fraction of sp³-hybridized carbons (Fsp3) is 0.357. The number of halogens is 3. The maximum absolute atomic E-state index is 12.3. The van der Waals surface area contributed by atoms with E-state index >= 15 is 0 Å². The average Bonchev–Trinajstić information content (AvgIpc) is 2.91. The number of pyridine rings is 1. The molecule has 0 aliphatic heterocycles. The number of carbonyl (C=O) groups is 1. The molecule has 2 aromatic heterocycles. The molecular formula is C14H20Cl3N5OS. The van der Waals surface area contributed by atoms with Gasteiger partial charge in [0, 0.05) is 45.8 Å². The number of nitrogens with zero attached hydrogens (tertiary/aromatic N) is 4. The summed E-state index contributed by atoms with van der Waals surface area (Å²) in [6, 6.07) is 1.65. The minimum Gasteiger partial charge on any atom is -0.340 e. The standard InChI is InChI=1S/C14H18ClN5OS.2ClH/c1-16-4-6-19(2)13(21)10-8-11(15)12(18-9-10)22-14-17-5-7-20(14)3;;/h5,7-9,16H,4,6H2,1-3H3;2*1H. The van der Waals surface area contributed by atoms with Crippen LogP contribution in [0.25, 0.3) is 0 Å². The van der Waals surface area contributed by atoms with Crippen molar-refractivity contribution in [2.75, 3.05) is 27.2 Å². The van der Waals surface area contributed by atoms with Crippen LogP contribution in [0.2, 0.25) is 5.02 Å².